The molecule has 1 amide bonds. The summed E-state index contributed by atoms with van der Waals surface area (Å²) in [6.45, 7) is 2.05. The number of hydrogen-bond acceptors (Lipinski definition) is 1. The van der Waals surface area contributed by atoms with E-state index >= 15 is 0 Å². The van der Waals surface area contributed by atoms with Crippen molar-refractivity contribution in [2.75, 3.05) is 13.1 Å². The third-order valence-corrected chi connectivity index (χ3v) is 3.44. The molecule has 74 valence electrons. The highest BCUT2D eigenvalue weighted by Gasteiger charge is 2.21. The Balaban J connectivity index is 2.07. The van der Waals surface area contributed by atoms with Gasteiger partial charge in [0.1, 0.15) is 0 Å². The Morgan fingerprint density at radius 1 is 1.00 bits per heavy atom. The zero-order chi connectivity index (χ0) is 9.10. The zero-order valence-electron chi connectivity index (χ0n) is 8.30. The van der Waals surface area contributed by atoms with Crippen molar-refractivity contribution in [1.82, 2.24) is 4.90 Å². The second-order valence-corrected chi connectivity index (χ2v) is 4.42. The fourth-order valence-electron chi connectivity index (χ4n) is 2.64. The molecule has 3 aliphatic rings. The van der Waals surface area contributed by atoms with Crippen LogP contribution < -0.4 is 0 Å². The van der Waals surface area contributed by atoms with Crippen molar-refractivity contribution in [3.63, 3.8) is 0 Å². The average molecular weight is 181 g/mol. The van der Waals surface area contributed by atoms with Crippen LogP contribution >= 0.6 is 0 Å². The van der Waals surface area contributed by atoms with Crippen LogP contribution in [-0.2, 0) is 4.79 Å². The van der Waals surface area contributed by atoms with Crippen molar-refractivity contribution in [3.8, 4) is 0 Å². The van der Waals surface area contributed by atoms with Gasteiger partial charge in [-0.05, 0) is 44.4 Å². The lowest BCUT2D eigenvalue weighted by atomic mass is 9.92. The molecule has 3 fully saturated rings. The summed E-state index contributed by atoms with van der Waals surface area (Å²) >= 11 is 0. The monoisotopic (exact) mass is 181 g/mol. The molecule has 2 heteroatoms. The van der Waals surface area contributed by atoms with Gasteiger partial charge in [-0.15, -0.1) is 0 Å². The Labute approximate surface area is 80.3 Å². The van der Waals surface area contributed by atoms with E-state index in [0.717, 1.165) is 31.8 Å². The Bertz CT molecular complexity index is 181. The summed E-state index contributed by atoms with van der Waals surface area (Å²) in [4.78, 5) is 13.7. The number of amides is 1. The number of hydrogen-bond donors (Lipinski definition) is 0. The molecule has 0 aromatic rings. The van der Waals surface area contributed by atoms with Crippen molar-refractivity contribution < 1.29 is 4.79 Å². The van der Waals surface area contributed by atoms with Crippen LogP contribution in [0.3, 0.4) is 0 Å². The summed E-state index contributed by atoms with van der Waals surface area (Å²) in [5.74, 6) is 1.33. The number of rotatable bonds is 0. The molecule has 0 atom stereocenters. The predicted octanol–water partition coefficient (Wildman–Crippen LogP) is 2.19. The van der Waals surface area contributed by atoms with Crippen molar-refractivity contribution in [2.45, 2.75) is 44.9 Å². The SMILES string of the molecule is O=C1CCCC2CCCN1CCC2. The van der Waals surface area contributed by atoms with E-state index in [2.05, 4.69) is 4.90 Å². The molecule has 0 N–H and O–H groups in total. The van der Waals surface area contributed by atoms with Gasteiger partial charge in [0.15, 0.2) is 0 Å². The summed E-state index contributed by atoms with van der Waals surface area (Å²) in [6.07, 6.45) is 8.39. The van der Waals surface area contributed by atoms with Crippen LogP contribution in [0.5, 0.6) is 0 Å². The number of nitrogens with zero attached hydrogens (tertiary/aromatic N) is 1. The predicted molar refractivity (Wildman–Crippen MR) is 52.4 cm³/mol. The molecule has 0 radical (unpaired) electrons. The maximum absolute atomic E-state index is 11.7. The summed E-state index contributed by atoms with van der Waals surface area (Å²) < 4.78 is 0. The first-order chi connectivity index (χ1) is 6.36. The van der Waals surface area contributed by atoms with E-state index in [-0.39, 0.29) is 0 Å². The molecule has 0 spiro atoms. The third kappa shape index (κ3) is 2.23. The molecule has 13 heavy (non-hydrogen) atoms. The van der Waals surface area contributed by atoms with Gasteiger partial charge in [-0.3, -0.25) is 4.79 Å². The highest BCUT2D eigenvalue weighted by molar-refractivity contribution is 5.76. The lowest BCUT2D eigenvalue weighted by Gasteiger charge is -2.25. The molecule has 3 saturated heterocycles. The fourth-order valence-corrected chi connectivity index (χ4v) is 2.64. The number of carbonyl (C=O) groups is 1. The molecular formula is C11H19NO. The van der Waals surface area contributed by atoms with Gasteiger partial charge in [0, 0.05) is 19.5 Å². The average Bonchev–Trinajstić information content (AvgIpc) is 2.19. The van der Waals surface area contributed by atoms with Crippen LogP contribution in [0.2, 0.25) is 0 Å². The summed E-state index contributed by atoms with van der Waals surface area (Å²) in [7, 11) is 0. The lowest BCUT2D eigenvalue weighted by molar-refractivity contribution is -0.131. The quantitative estimate of drug-likeness (QED) is 0.561. The number of carbonyl (C=O) groups excluding carboxylic acids is 1. The van der Waals surface area contributed by atoms with Crippen molar-refractivity contribution in [3.05, 3.63) is 0 Å². The maximum Gasteiger partial charge on any atom is 0.222 e. The Morgan fingerprint density at radius 3 is 2.31 bits per heavy atom. The molecule has 0 unspecified atom stereocenters. The van der Waals surface area contributed by atoms with Gasteiger partial charge < -0.3 is 4.90 Å². The highest BCUT2D eigenvalue weighted by atomic mass is 16.2. The van der Waals surface area contributed by atoms with Gasteiger partial charge in [0.25, 0.3) is 0 Å². The molecule has 0 saturated carbocycles. The molecule has 3 heterocycles. The highest BCUT2D eigenvalue weighted by Crippen LogP contribution is 2.25. The zero-order valence-corrected chi connectivity index (χ0v) is 8.30. The van der Waals surface area contributed by atoms with E-state index < -0.39 is 0 Å². The first-order valence-electron chi connectivity index (χ1n) is 5.64. The van der Waals surface area contributed by atoms with Crippen LogP contribution in [0, 0.1) is 5.92 Å². The van der Waals surface area contributed by atoms with E-state index in [1.165, 1.54) is 32.1 Å². The lowest BCUT2D eigenvalue weighted by Crippen LogP contribution is -2.33. The standard InChI is InChI=1S/C11H19NO/c13-11-7-1-4-10-5-2-8-12(11)9-3-6-10/h10H,1-9H2. The molecule has 0 aromatic heterocycles. The van der Waals surface area contributed by atoms with E-state index in [9.17, 15) is 4.79 Å². The Hall–Kier alpha value is -0.530. The fraction of sp³-hybridized carbons (Fsp3) is 0.909. The summed E-state index contributed by atoms with van der Waals surface area (Å²) in [6, 6.07) is 0. The molecule has 2 nitrogen and oxygen atoms in total. The Morgan fingerprint density at radius 2 is 1.62 bits per heavy atom. The minimum absolute atomic E-state index is 0.405. The minimum Gasteiger partial charge on any atom is -0.343 e. The van der Waals surface area contributed by atoms with E-state index in [1.807, 2.05) is 0 Å². The molecular weight excluding hydrogens is 162 g/mol. The topological polar surface area (TPSA) is 20.3 Å². The van der Waals surface area contributed by atoms with Gasteiger partial charge >= 0.3 is 0 Å². The minimum atomic E-state index is 0.405. The van der Waals surface area contributed by atoms with Crippen LogP contribution in [0.15, 0.2) is 0 Å². The van der Waals surface area contributed by atoms with Crippen LogP contribution in [0.1, 0.15) is 44.9 Å². The first kappa shape index (κ1) is 9.04. The second kappa shape index (κ2) is 4.12. The van der Waals surface area contributed by atoms with Crippen LogP contribution in [0.25, 0.3) is 0 Å². The molecule has 2 bridgehead atoms. The van der Waals surface area contributed by atoms with Crippen molar-refractivity contribution in [2.24, 2.45) is 5.92 Å². The summed E-state index contributed by atoms with van der Waals surface area (Å²) in [5, 5.41) is 0. The second-order valence-electron chi connectivity index (χ2n) is 4.42. The largest absolute Gasteiger partial charge is 0.343 e. The van der Waals surface area contributed by atoms with E-state index in [1.54, 1.807) is 0 Å². The van der Waals surface area contributed by atoms with Crippen molar-refractivity contribution >= 4 is 5.91 Å². The number of fused-ring (bicyclic) bond motifs is 7. The molecule has 0 aromatic carbocycles. The van der Waals surface area contributed by atoms with E-state index in [0.29, 0.717) is 5.91 Å². The smallest absolute Gasteiger partial charge is 0.222 e. The van der Waals surface area contributed by atoms with Crippen LogP contribution in [-0.4, -0.2) is 23.9 Å². The van der Waals surface area contributed by atoms with Gasteiger partial charge in [-0.2, -0.15) is 0 Å². The molecule has 3 rings (SSSR count). The molecule has 3 aliphatic heterocycles. The van der Waals surface area contributed by atoms with Crippen molar-refractivity contribution in [1.29, 1.82) is 0 Å². The Kier molecular flexibility index (Phi) is 2.87. The van der Waals surface area contributed by atoms with Gasteiger partial charge in [0.2, 0.25) is 5.91 Å². The van der Waals surface area contributed by atoms with Gasteiger partial charge in [-0.1, -0.05) is 0 Å². The van der Waals surface area contributed by atoms with Gasteiger partial charge in [-0.25, -0.2) is 0 Å². The van der Waals surface area contributed by atoms with Gasteiger partial charge in [0.05, 0.1) is 0 Å². The maximum atomic E-state index is 11.7. The van der Waals surface area contributed by atoms with Crippen LogP contribution in [0.4, 0.5) is 0 Å². The van der Waals surface area contributed by atoms with E-state index in [4.69, 9.17) is 0 Å². The summed E-state index contributed by atoms with van der Waals surface area (Å²) in [5.41, 5.74) is 0. The first-order valence-corrected chi connectivity index (χ1v) is 5.64. The normalized spacial score (nSPS) is 26.5. The third-order valence-electron chi connectivity index (χ3n) is 3.44. The molecule has 0 aliphatic carbocycles.